The third-order valence-electron chi connectivity index (χ3n) is 3.17. The number of rotatable bonds is 1. The molecule has 0 aliphatic heterocycles. The molecule has 0 fully saturated rings. The van der Waals surface area contributed by atoms with Gasteiger partial charge < -0.3 is 10.3 Å². The van der Waals surface area contributed by atoms with Crippen LogP contribution in [0.3, 0.4) is 0 Å². The van der Waals surface area contributed by atoms with Gasteiger partial charge in [-0.05, 0) is 56.9 Å². The second kappa shape index (κ2) is 7.40. The fourth-order valence-corrected chi connectivity index (χ4v) is 1.79. The number of halogens is 2. The first-order valence-electron chi connectivity index (χ1n) is 5.04. The Morgan fingerprint density at radius 3 is 1.76 bits per heavy atom. The number of nitrogens with zero attached hydrogens (tertiary/aromatic N) is 1. The van der Waals surface area contributed by atoms with Crippen LogP contribution in [0.25, 0.3) is 0 Å². The van der Waals surface area contributed by atoms with Crippen LogP contribution in [0.4, 0.5) is 0 Å². The first kappa shape index (κ1) is 16.9. The zero-order valence-electron chi connectivity index (χ0n) is 10.6. The molecule has 5 heteroatoms. The van der Waals surface area contributed by atoms with E-state index in [4.69, 9.17) is 5.21 Å². The van der Waals surface area contributed by atoms with Crippen LogP contribution in [0.15, 0.2) is 5.16 Å². The largest absolute Gasteiger partial charge is 0.507 e. The minimum Gasteiger partial charge on any atom is -0.507 e. The number of hydrogen-bond donors (Lipinski definition) is 2. The predicted molar refractivity (Wildman–Crippen MR) is 89.1 cm³/mol. The second-order valence-corrected chi connectivity index (χ2v) is 3.91. The third-order valence-corrected chi connectivity index (χ3v) is 3.17. The van der Waals surface area contributed by atoms with Crippen molar-refractivity contribution in [3.05, 3.63) is 27.8 Å². The SMILES string of the molecule is C/C(=N\O)c1c(C)c(C)c(C)c(C)c1O.II. The average Bonchev–Trinajstić information content (AvgIpc) is 2.36. The van der Waals surface area contributed by atoms with Gasteiger partial charge >= 0.3 is 0 Å². The van der Waals surface area contributed by atoms with Crippen LogP contribution < -0.4 is 0 Å². The molecule has 0 heterocycles. The smallest absolute Gasteiger partial charge is 0.128 e. The fourth-order valence-electron chi connectivity index (χ4n) is 1.79. The van der Waals surface area contributed by atoms with Gasteiger partial charge in [0.05, 0.1) is 5.71 Å². The Hall–Kier alpha value is -0.0500. The monoisotopic (exact) mass is 461 g/mol. The van der Waals surface area contributed by atoms with Crippen LogP contribution in [-0.4, -0.2) is 16.0 Å². The van der Waals surface area contributed by atoms with Gasteiger partial charge in [-0.2, -0.15) is 0 Å². The summed E-state index contributed by atoms with van der Waals surface area (Å²) in [5, 5.41) is 21.9. The van der Waals surface area contributed by atoms with E-state index in [-0.39, 0.29) is 5.75 Å². The summed E-state index contributed by atoms with van der Waals surface area (Å²) in [4.78, 5) is 0. The van der Waals surface area contributed by atoms with Gasteiger partial charge in [-0.25, -0.2) is 0 Å². The van der Waals surface area contributed by atoms with E-state index in [1.807, 2.05) is 27.7 Å². The van der Waals surface area contributed by atoms with Gasteiger partial charge in [-0.3, -0.25) is 0 Å². The first-order chi connectivity index (χ1) is 7.91. The molecule has 3 nitrogen and oxygen atoms in total. The Labute approximate surface area is 126 Å². The highest BCUT2D eigenvalue weighted by atomic mass is 128. The highest BCUT2D eigenvalue weighted by Gasteiger charge is 2.16. The maximum Gasteiger partial charge on any atom is 0.128 e. The van der Waals surface area contributed by atoms with Crippen molar-refractivity contribution in [3.8, 4) is 5.75 Å². The average molecular weight is 461 g/mol. The minimum absolute atomic E-state index is 0.214. The summed E-state index contributed by atoms with van der Waals surface area (Å²) in [6.07, 6.45) is 0. The quantitative estimate of drug-likeness (QED) is 0.278. The summed E-state index contributed by atoms with van der Waals surface area (Å²) in [5.74, 6) is 0.214. The standard InChI is InChI=1S/C12H17NO2.I2/c1-6-7(2)9(4)12(14)11(8(6)3)10(5)13-15;1-2/h14-15H,1-5H3;/b13-10+;. The second-order valence-electron chi connectivity index (χ2n) is 3.91. The van der Waals surface area contributed by atoms with E-state index < -0.39 is 0 Å². The Balaban J connectivity index is 0.00000121. The Bertz CT molecular complexity index is 414. The zero-order valence-corrected chi connectivity index (χ0v) is 14.9. The third kappa shape index (κ3) is 3.46. The molecule has 1 rings (SSSR count). The van der Waals surface area contributed by atoms with Gasteiger partial charge in [0, 0.05) is 42.8 Å². The molecule has 17 heavy (non-hydrogen) atoms. The molecule has 0 aliphatic carbocycles. The summed E-state index contributed by atoms with van der Waals surface area (Å²) in [6.45, 7) is 9.45. The van der Waals surface area contributed by atoms with Crippen LogP contribution in [0.2, 0.25) is 0 Å². The maximum atomic E-state index is 9.99. The van der Waals surface area contributed by atoms with Gasteiger partial charge in [0.15, 0.2) is 0 Å². The topological polar surface area (TPSA) is 52.8 Å². The lowest BCUT2D eigenvalue weighted by Crippen LogP contribution is -2.04. The minimum atomic E-state index is 0.214. The van der Waals surface area contributed by atoms with Gasteiger partial charge in [-0.1, -0.05) is 5.16 Å². The molecule has 0 aliphatic rings. The summed E-state index contributed by atoms with van der Waals surface area (Å²) in [6, 6.07) is 0. The molecule has 0 spiro atoms. The number of benzene rings is 1. The van der Waals surface area contributed by atoms with E-state index >= 15 is 0 Å². The molecule has 0 unspecified atom stereocenters. The van der Waals surface area contributed by atoms with Crippen LogP contribution in [0.1, 0.15) is 34.7 Å². The highest BCUT2D eigenvalue weighted by Crippen LogP contribution is 2.32. The van der Waals surface area contributed by atoms with E-state index in [9.17, 15) is 5.11 Å². The van der Waals surface area contributed by atoms with E-state index in [0.717, 1.165) is 22.3 Å². The van der Waals surface area contributed by atoms with Gasteiger partial charge in [0.1, 0.15) is 5.75 Å². The van der Waals surface area contributed by atoms with Crippen molar-refractivity contribution in [2.75, 3.05) is 0 Å². The first-order valence-corrected chi connectivity index (χ1v) is 11.3. The molecule has 96 valence electrons. The molecule has 1 aromatic rings. The Kier molecular flexibility index (Phi) is 7.38. The highest BCUT2D eigenvalue weighted by molar-refractivity contribution is 15.0. The zero-order chi connectivity index (χ0) is 13.7. The van der Waals surface area contributed by atoms with Crippen LogP contribution in [0, 0.1) is 27.7 Å². The molecule has 0 aromatic heterocycles. The summed E-state index contributed by atoms with van der Waals surface area (Å²) >= 11 is 4.24. The molecule has 0 bridgehead atoms. The fraction of sp³-hybridized carbons (Fsp3) is 0.417. The van der Waals surface area contributed by atoms with Crippen molar-refractivity contribution >= 4 is 42.9 Å². The molecule has 0 atom stereocenters. The molecule has 0 saturated heterocycles. The van der Waals surface area contributed by atoms with Crippen molar-refractivity contribution in [3.63, 3.8) is 0 Å². The number of oxime groups is 1. The number of hydrogen-bond acceptors (Lipinski definition) is 3. The molecule has 0 radical (unpaired) electrons. The Morgan fingerprint density at radius 1 is 0.941 bits per heavy atom. The van der Waals surface area contributed by atoms with E-state index in [1.54, 1.807) is 6.92 Å². The summed E-state index contributed by atoms with van der Waals surface area (Å²) in [5.41, 5.74) is 5.10. The van der Waals surface area contributed by atoms with E-state index in [1.165, 1.54) is 0 Å². The van der Waals surface area contributed by atoms with Gasteiger partial charge in [-0.15, -0.1) is 0 Å². The number of aromatic hydroxyl groups is 1. The number of phenolic OH excluding ortho intramolecular Hbond substituents is 1. The van der Waals surface area contributed by atoms with E-state index in [2.05, 4.69) is 42.4 Å². The van der Waals surface area contributed by atoms with Crippen molar-refractivity contribution in [1.29, 1.82) is 0 Å². The predicted octanol–water partition coefficient (Wildman–Crippen LogP) is 4.60. The van der Waals surface area contributed by atoms with Crippen LogP contribution in [0.5, 0.6) is 5.75 Å². The van der Waals surface area contributed by atoms with Crippen molar-refractivity contribution in [1.82, 2.24) is 0 Å². The van der Waals surface area contributed by atoms with Crippen LogP contribution in [-0.2, 0) is 0 Å². The molecular formula is C12H17I2NO2. The van der Waals surface area contributed by atoms with Gasteiger partial charge in [0.2, 0.25) is 0 Å². The molecule has 0 saturated carbocycles. The number of phenols is 1. The lowest BCUT2D eigenvalue weighted by atomic mass is 9.91. The van der Waals surface area contributed by atoms with Gasteiger partial charge in [0.25, 0.3) is 0 Å². The van der Waals surface area contributed by atoms with Crippen molar-refractivity contribution in [2.24, 2.45) is 5.16 Å². The summed E-state index contributed by atoms with van der Waals surface area (Å²) < 4.78 is 0. The van der Waals surface area contributed by atoms with Crippen LogP contribution >= 0.6 is 37.2 Å². The Morgan fingerprint density at radius 2 is 1.35 bits per heavy atom. The summed E-state index contributed by atoms with van der Waals surface area (Å²) in [7, 11) is 0. The lowest BCUT2D eigenvalue weighted by molar-refractivity contribution is 0.318. The molecular weight excluding hydrogens is 444 g/mol. The molecule has 2 N–H and O–H groups in total. The molecule has 0 amide bonds. The lowest BCUT2D eigenvalue weighted by Gasteiger charge is -2.16. The maximum absolute atomic E-state index is 9.99. The molecule has 1 aromatic carbocycles. The van der Waals surface area contributed by atoms with Crippen molar-refractivity contribution < 1.29 is 10.3 Å². The normalized spacial score (nSPS) is 10.9. The van der Waals surface area contributed by atoms with E-state index in [0.29, 0.717) is 11.3 Å². The van der Waals surface area contributed by atoms with Crippen molar-refractivity contribution in [2.45, 2.75) is 34.6 Å².